The zero-order valence-electron chi connectivity index (χ0n) is 18.0. The molecule has 0 spiro atoms. The summed E-state index contributed by atoms with van der Waals surface area (Å²) in [5, 5.41) is 1.92. The number of nitrogens with zero attached hydrogens (tertiary/aromatic N) is 4. The monoisotopic (exact) mass is 488 g/mol. The number of rotatable bonds is 4. The van der Waals surface area contributed by atoms with Crippen molar-refractivity contribution in [1.82, 2.24) is 19.4 Å². The van der Waals surface area contributed by atoms with Crippen LogP contribution in [0, 0.1) is 0 Å². The van der Waals surface area contributed by atoms with Crippen LogP contribution in [0.3, 0.4) is 0 Å². The van der Waals surface area contributed by atoms with E-state index in [1.165, 1.54) is 22.2 Å². The topological polar surface area (TPSA) is 58.4 Å². The molecule has 6 nitrogen and oxygen atoms in total. The van der Waals surface area contributed by atoms with E-state index in [9.17, 15) is 9.59 Å². The van der Waals surface area contributed by atoms with Gasteiger partial charge >= 0.3 is 0 Å². The van der Waals surface area contributed by atoms with Gasteiger partial charge in [0.2, 0.25) is 5.91 Å². The highest BCUT2D eigenvalue weighted by Crippen LogP contribution is 2.35. The Kier molecular flexibility index (Phi) is 6.29. The van der Waals surface area contributed by atoms with E-state index in [1.54, 1.807) is 28.0 Å². The molecule has 32 heavy (non-hydrogen) atoms. The molecule has 2 aromatic heterocycles. The van der Waals surface area contributed by atoms with Crippen LogP contribution in [0.25, 0.3) is 15.9 Å². The van der Waals surface area contributed by atoms with Crippen molar-refractivity contribution in [2.24, 2.45) is 0 Å². The average Bonchev–Trinajstić information content (AvgIpc) is 3.17. The van der Waals surface area contributed by atoms with Gasteiger partial charge in [-0.15, -0.1) is 11.3 Å². The molecule has 0 radical (unpaired) electrons. The zero-order chi connectivity index (χ0) is 22.2. The summed E-state index contributed by atoms with van der Waals surface area (Å²) in [7, 11) is 2.07. The minimum Gasteiger partial charge on any atom is -0.339 e. The molecular weight excluding hydrogens is 464 g/mol. The summed E-state index contributed by atoms with van der Waals surface area (Å²) in [5.74, 6) is 0.353. The van der Waals surface area contributed by atoms with Crippen molar-refractivity contribution < 1.29 is 4.79 Å². The first-order valence-electron chi connectivity index (χ1n) is 10.9. The molecule has 3 aromatic rings. The van der Waals surface area contributed by atoms with Crippen LogP contribution in [0.15, 0.2) is 34.2 Å². The predicted molar refractivity (Wildman–Crippen MR) is 132 cm³/mol. The Bertz CT molecular complexity index is 1210. The van der Waals surface area contributed by atoms with Gasteiger partial charge in [0.1, 0.15) is 4.83 Å². The summed E-state index contributed by atoms with van der Waals surface area (Å²) in [6.45, 7) is 3.25. The van der Waals surface area contributed by atoms with Crippen LogP contribution in [-0.2, 0) is 17.6 Å². The van der Waals surface area contributed by atoms with E-state index in [2.05, 4.69) is 11.9 Å². The molecule has 0 atom stereocenters. The summed E-state index contributed by atoms with van der Waals surface area (Å²) in [6.07, 6.45) is 4.21. The average molecular weight is 489 g/mol. The number of hydrogen-bond donors (Lipinski definition) is 0. The van der Waals surface area contributed by atoms with Crippen molar-refractivity contribution in [1.29, 1.82) is 0 Å². The van der Waals surface area contributed by atoms with E-state index in [1.807, 2.05) is 17.0 Å². The van der Waals surface area contributed by atoms with Crippen molar-refractivity contribution in [2.45, 2.75) is 30.8 Å². The summed E-state index contributed by atoms with van der Waals surface area (Å²) >= 11 is 9.07. The molecule has 1 amide bonds. The maximum atomic E-state index is 13.7. The van der Waals surface area contributed by atoms with E-state index < -0.39 is 0 Å². The fourth-order valence-corrected chi connectivity index (χ4v) is 6.72. The highest BCUT2D eigenvalue weighted by Gasteiger charge is 2.24. The molecule has 0 bridgehead atoms. The van der Waals surface area contributed by atoms with Crippen molar-refractivity contribution in [2.75, 3.05) is 39.0 Å². The minimum absolute atomic E-state index is 0.0498. The van der Waals surface area contributed by atoms with Crippen molar-refractivity contribution >= 4 is 50.8 Å². The molecule has 0 unspecified atom stereocenters. The van der Waals surface area contributed by atoms with Crippen molar-refractivity contribution in [3.8, 4) is 5.69 Å². The Morgan fingerprint density at radius 3 is 2.59 bits per heavy atom. The number of piperazine rings is 1. The second-order valence-corrected chi connectivity index (χ2v) is 10.8. The molecule has 168 valence electrons. The van der Waals surface area contributed by atoms with Gasteiger partial charge in [0, 0.05) is 36.1 Å². The molecule has 1 fully saturated rings. The molecule has 5 rings (SSSR count). The van der Waals surface area contributed by atoms with Gasteiger partial charge in [-0.3, -0.25) is 14.2 Å². The van der Waals surface area contributed by atoms with Gasteiger partial charge < -0.3 is 9.80 Å². The Morgan fingerprint density at radius 1 is 1.12 bits per heavy atom. The number of carbonyl (C=O) groups is 1. The molecule has 3 heterocycles. The Balaban J connectivity index is 1.53. The summed E-state index contributed by atoms with van der Waals surface area (Å²) in [4.78, 5) is 37.7. The predicted octanol–water partition coefficient (Wildman–Crippen LogP) is 3.85. The molecule has 1 aliphatic carbocycles. The Hall–Kier alpha value is -1.87. The number of halogens is 1. The number of amides is 1. The highest BCUT2D eigenvalue weighted by molar-refractivity contribution is 7.99. The third kappa shape index (κ3) is 4.21. The number of aromatic nitrogens is 2. The number of carbonyl (C=O) groups excluding carboxylic acids is 1. The van der Waals surface area contributed by atoms with E-state index in [4.69, 9.17) is 16.6 Å². The lowest BCUT2D eigenvalue weighted by Crippen LogP contribution is -2.47. The number of fused-ring (bicyclic) bond motifs is 3. The lowest BCUT2D eigenvalue weighted by Gasteiger charge is -2.32. The molecule has 1 saturated heterocycles. The van der Waals surface area contributed by atoms with Crippen LogP contribution in [0.1, 0.15) is 23.3 Å². The summed E-state index contributed by atoms with van der Waals surface area (Å²) < 4.78 is 1.65. The second kappa shape index (κ2) is 9.17. The largest absolute Gasteiger partial charge is 0.339 e. The molecule has 9 heteroatoms. The maximum Gasteiger partial charge on any atom is 0.267 e. The minimum atomic E-state index is -0.0498. The number of thioether (sulfide) groups is 1. The molecular formula is C23H25ClN4O2S2. The summed E-state index contributed by atoms with van der Waals surface area (Å²) in [6, 6.07) is 7.23. The van der Waals surface area contributed by atoms with Gasteiger partial charge in [0.05, 0.1) is 16.8 Å². The van der Waals surface area contributed by atoms with E-state index in [0.29, 0.717) is 10.2 Å². The molecule has 2 aliphatic rings. The third-order valence-electron chi connectivity index (χ3n) is 6.22. The van der Waals surface area contributed by atoms with Crippen molar-refractivity contribution in [3.05, 3.63) is 50.1 Å². The quantitative estimate of drug-likeness (QED) is 0.412. The first-order valence-corrected chi connectivity index (χ1v) is 13.1. The maximum absolute atomic E-state index is 13.7. The number of thiophene rings is 1. The fraction of sp³-hybridized carbons (Fsp3) is 0.435. The van der Waals surface area contributed by atoms with Crippen LogP contribution in [0.2, 0.25) is 5.02 Å². The van der Waals surface area contributed by atoms with Gasteiger partial charge in [0.15, 0.2) is 5.16 Å². The van der Waals surface area contributed by atoms with Gasteiger partial charge in [-0.2, -0.15) is 0 Å². The Labute approximate surface area is 200 Å². The first kappa shape index (κ1) is 21.9. The molecule has 0 saturated carbocycles. The van der Waals surface area contributed by atoms with Crippen LogP contribution in [-0.4, -0.2) is 64.2 Å². The molecule has 0 N–H and O–H groups in total. The lowest BCUT2D eigenvalue weighted by atomic mass is 9.97. The fourth-order valence-electron chi connectivity index (χ4n) is 4.37. The van der Waals surface area contributed by atoms with Crippen molar-refractivity contribution in [3.63, 3.8) is 0 Å². The van der Waals surface area contributed by atoms with Crippen LogP contribution >= 0.6 is 34.7 Å². The number of hydrogen-bond acceptors (Lipinski definition) is 6. The second-order valence-electron chi connectivity index (χ2n) is 8.38. The molecule has 1 aromatic carbocycles. The van der Waals surface area contributed by atoms with E-state index in [-0.39, 0.29) is 17.2 Å². The van der Waals surface area contributed by atoms with E-state index >= 15 is 0 Å². The first-order chi connectivity index (χ1) is 15.5. The standard InChI is InChI=1S/C23H25ClN4O2S2/c1-26-10-12-27(13-11-26)19(29)14-31-23-25-21-20(17-4-2-3-5-18(17)32-21)22(30)28(23)16-8-6-15(24)7-9-16/h6-9H,2-5,10-14H2,1H3. The van der Waals surface area contributed by atoms with Crippen LogP contribution < -0.4 is 5.56 Å². The lowest BCUT2D eigenvalue weighted by molar-refractivity contribution is -0.129. The normalized spacial score (nSPS) is 17.0. The number of aryl methyl sites for hydroxylation is 2. The summed E-state index contributed by atoms with van der Waals surface area (Å²) in [5.41, 5.74) is 1.84. The van der Waals surface area contributed by atoms with Gasteiger partial charge in [0.25, 0.3) is 5.56 Å². The van der Waals surface area contributed by atoms with Gasteiger partial charge in [-0.1, -0.05) is 23.4 Å². The van der Waals surface area contributed by atoms with E-state index in [0.717, 1.165) is 67.8 Å². The molecule has 1 aliphatic heterocycles. The van der Waals surface area contributed by atoms with Gasteiger partial charge in [-0.05, 0) is 62.6 Å². The highest BCUT2D eigenvalue weighted by atomic mass is 35.5. The number of benzene rings is 1. The Morgan fingerprint density at radius 2 is 1.84 bits per heavy atom. The number of likely N-dealkylation sites (N-methyl/N-ethyl adjacent to an activating group) is 1. The third-order valence-corrected chi connectivity index (χ3v) is 8.58. The van der Waals surface area contributed by atoms with Crippen LogP contribution in [0.4, 0.5) is 0 Å². The van der Waals surface area contributed by atoms with Crippen LogP contribution in [0.5, 0.6) is 0 Å². The zero-order valence-corrected chi connectivity index (χ0v) is 20.4. The smallest absolute Gasteiger partial charge is 0.267 e. The SMILES string of the molecule is CN1CCN(C(=O)CSc2nc3sc4c(c3c(=O)n2-c2ccc(Cl)cc2)CCCC4)CC1. The van der Waals surface area contributed by atoms with Gasteiger partial charge in [-0.25, -0.2) is 4.98 Å².